The molecule has 3 nitrogen and oxygen atoms in total. The Kier molecular flexibility index (Phi) is 17.6. The molecule has 0 bridgehead atoms. The molecule has 0 aliphatic carbocycles. The minimum absolute atomic E-state index is 0. The van der Waals surface area contributed by atoms with Gasteiger partial charge >= 0.3 is 6.02 Å². The summed E-state index contributed by atoms with van der Waals surface area (Å²) < 4.78 is 2.14. The maximum atomic E-state index is 10.0. The average molecular weight is 389 g/mol. The number of aliphatic hydroxyl groups is 1. The molecule has 1 aliphatic heterocycles. The first-order chi connectivity index (χ1) is 12.3. The quantitative estimate of drug-likeness (QED) is 0.306. The van der Waals surface area contributed by atoms with Gasteiger partial charge in [-0.2, -0.15) is 0 Å². The van der Waals surface area contributed by atoms with Crippen LogP contribution >= 0.6 is 0 Å². The molecular weight excluding hydrogens is 344 g/mol. The first kappa shape index (κ1) is 25.6. The van der Waals surface area contributed by atoms with E-state index in [4.69, 9.17) is 0 Å². The summed E-state index contributed by atoms with van der Waals surface area (Å²) >= 11 is 0. The topological polar surface area (TPSA) is 26.5 Å². The molecule has 0 radical (unpaired) electrons. The van der Waals surface area contributed by atoms with Crippen LogP contribution in [0.3, 0.4) is 0 Å². The number of halogens is 1. The van der Waals surface area contributed by atoms with E-state index in [1.165, 1.54) is 96.3 Å². The fourth-order valence-electron chi connectivity index (χ4n) is 3.83. The number of likely N-dealkylation sites (N-methyl/N-ethyl adjacent to an activating group) is 1. The second-order valence-electron chi connectivity index (χ2n) is 7.82. The molecule has 1 N–H and O–H groups in total. The van der Waals surface area contributed by atoms with Crippen molar-refractivity contribution in [1.29, 1.82) is 0 Å². The zero-order chi connectivity index (χ0) is 18.2. The molecule has 0 unspecified atom stereocenters. The molecule has 0 fully saturated rings. The van der Waals surface area contributed by atoms with Crippen LogP contribution in [-0.2, 0) is 0 Å². The fraction of sp³-hybridized carbons (Fsp3) is 0.955. The average Bonchev–Trinajstić information content (AvgIpc) is 2.98. The van der Waals surface area contributed by atoms with Crippen LogP contribution in [-0.4, -0.2) is 46.8 Å². The highest BCUT2D eigenvalue weighted by molar-refractivity contribution is 5.67. The first-order valence-electron chi connectivity index (χ1n) is 11.3. The Hall–Kier alpha value is -0.440. The number of amidine groups is 1. The van der Waals surface area contributed by atoms with Crippen molar-refractivity contribution in [2.45, 2.75) is 110 Å². The van der Waals surface area contributed by atoms with Gasteiger partial charge in [-0.25, -0.2) is 9.48 Å². The predicted molar refractivity (Wildman–Crippen MR) is 110 cm³/mol. The van der Waals surface area contributed by atoms with Crippen molar-refractivity contribution in [2.75, 3.05) is 26.2 Å². The van der Waals surface area contributed by atoms with E-state index < -0.39 is 0 Å². The van der Waals surface area contributed by atoms with Crippen LogP contribution in [0.15, 0.2) is 0 Å². The van der Waals surface area contributed by atoms with Crippen LogP contribution in [0, 0.1) is 0 Å². The normalized spacial score (nSPS) is 14.2. The third kappa shape index (κ3) is 12.0. The first-order valence-corrected chi connectivity index (χ1v) is 11.3. The van der Waals surface area contributed by atoms with Gasteiger partial charge in [0.2, 0.25) is 0 Å². The zero-order valence-corrected chi connectivity index (χ0v) is 18.4. The lowest BCUT2D eigenvalue weighted by Crippen LogP contribution is -3.00. The lowest BCUT2D eigenvalue weighted by molar-refractivity contribution is -0.525. The molecule has 0 amide bonds. The van der Waals surface area contributed by atoms with Crippen molar-refractivity contribution in [1.82, 2.24) is 4.90 Å². The molecule has 0 spiro atoms. The van der Waals surface area contributed by atoms with Gasteiger partial charge in [0, 0.05) is 0 Å². The van der Waals surface area contributed by atoms with Gasteiger partial charge in [0.1, 0.15) is 13.1 Å². The van der Waals surface area contributed by atoms with E-state index in [0.29, 0.717) is 6.02 Å². The van der Waals surface area contributed by atoms with Crippen molar-refractivity contribution in [3.05, 3.63) is 0 Å². The van der Waals surface area contributed by atoms with Crippen LogP contribution in [0.4, 0.5) is 0 Å². The Balaban J connectivity index is 0.00000625. The van der Waals surface area contributed by atoms with Crippen LogP contribution in [0.1, 0.15) is 110 Å². The summed E-state index contributed by atoms with van der Waals surface area (Å²) in [6.45, 7) is 8.32. The second kappa shape index (κ2) is 17.9. The number of unbranched alkanes of at least 4 members (excludes halogenated alkanes) is 14. The summed E-state index contributed by atoms with van der Waals surface area (Å²) in [6, 6.07) is 0.507. The minimum Gasteiger partial charge on any atom is -1.00 e. The molecule has 26 heavy (non-hydrogen) atoms. The number of hydrogen-bond acceptors (Lipinski definition) is 1. The standard InChI is InChI=1S/C22H44N2O.ClH/c1-3-5-6-7-8-9-10-11-12-13-14-15-16-17-18-19-24-21-20-23(4-2)22(24)25;/h3-21H2,1-2H3;1H. The third-order valence-corrected chi connectivity index (χ3v) is 5.62. The number of aliphatic hydroxyl groups excluding tert-OH is 1. The second-order valence-corrected chi connectivity index (χ2v) is 7.82. The highest BCUT2D eigenvalue weighted by atomic mass is 35.5. The molecule has 0 saturated heterocycles. The van der Waals surface area contributed by atoms with E-state index in [9.17, 15) is 5.11 Å². The maximum absolute atomic E-state index is 10.0. The summed E-state index contributed by atoms with van der Waals surface area (Å²) in [5.74, 6) is 0. The molecular formula is C22H45ClN2O. The van der Waals surface area contributed by atoms with Crippen LogP contribution in [0.25, 0.3) is 0 Å². The highest BCUT2D eigenvalue weighted by Crippen LogP contribution is 2.13. The zero-order valence-electron chi connectivity index (χ0n) is 17.7. The van der Waals surface area contributed by atoms with Crippen molar-refractivity contribution in [3.63, 3.8) is 0 Å². The maximum Gasteiger partial charge on any atom is 0.444 e. The Morgan fingerprint density at radius 3 is 1.54 bits per heavy atom. The van der Waals surface area contributed by atoms with E-state index in [-0.39, 0.29) is 12.4 Å². The van der Waals surface area contributed by atoms with Gasteiger partial charge in [0.05, 0.1) is 13.1 Å². The third-order valence-electron chi connectivity index (χ3n) is 5.62. The number of nitrogens with zero attached hydrogens (tertiary/aromatic N) is 2. The van der Waals surface area contributed by atoms with Gasteiger partial charge in [-0.3, -0.25) is 0 Å². The summed E-state index contributed by atoms with van der Waals surface area (Å²) in [7, 11) is 0. The highest BCUT2D eigenvalue weighted by Gasteiger charge is 2.27. The van der Waals surface area contributed by atoms with Crippen molar-refractivity contribution in [2.24, 2.45) is 0 Å². The van der Waals surface area contributed by atoms with E-state index in [1.807, 2.05) is 0 Å². The Morgan fingerprint density at radius 1 is 0.731 bits per heavy atom. The molecule has 0 saturated carbocycles. The van der Waals surface area contributed by atoms with Gasteiger partial charge in [0.25, 0.3) is 0 Å². The minimum atomic E-state index is 0. The van der Waals surface area contributed by atoms with Crippen molar-refractivity contribution in [3.8, 4) is 0 Å². The lowest BCUT2D eigenvalue weighted by atomic mass is 10.0. The fourth-order valence-corrected chi connectivity index (χ4v) is 3.83. The molecule has 0 aromatic rings. The molecule has 1 aliphatic rings. The van der Waals surface area contributed by atoms with Crippen LogP contribution < -0.4 is 12.4 Å². The molecule has 156 valence electrons. The molecule has 0 aromatic carbocycles. The Labute approximate surface area is 169 Å². The number of rotatable bonds is 17. The Morgan fingerprint density at radius 2 is 1.15 bits per heavy atom. The van der Waals surface area contributed by atoms with Gasteiger partial charge in [0.15, 0.2) is 0 Å². The largest absolute Gasteiger partial charge is 1.00 e. The summed E-state index contributed by atoms with van der Waals surface area (Å²) in [5, 5.41) is 10.0. The van der Waals surface area contributed by atoms with E-state index in [0.717, 1.165) is 26.2 Å². The van der Waals surface area contributed by atoms with Crippen molar-refractivity contribution >= 4 is 6.02 Å². The molecule has 4 heteroatoms. The SMILES string of the molecule is CCCCCCCCCCCCCCCCC[N+]1=C(O)N(CC)CC1.[Cl-]. The van der Waals surface area contributed by atoms with Gasteiger partial charge < -0.3 is 17.5 Å². The van der Waals surface area contributed by atoms with Gasteiger partial charge in [-0.1, -0.05) is 90.4 Å². The molecule has 1 rings (SSSR count). The van der Waals surface area contributed by atoms with E-state index >= 15 is 0 Å². The van der Waals surface area contributed by atoms with Crippen LogP contribution in [0.2, 0.25) is 0 Å². The van der Waals surface area contributed by atoms with Crippen LogP contribution in [0.5, 0.6) is 0 Å². The number of hydrogen-bond donors (Lipinski definition) is 1. The van der Waals surface area contributed by atoms with Gasteiger partial charge in [-0.15, -0.1) is 0 Å². The summed E-state index contributed by atoms with van der Waals surface area (Å²) in [5.41, 5.74) is 0. The molecule has 1 heterocycles. The van der Waals surface area contributed by atoms with E-state index in [1.54, 1.807) is 0 Å². The summed E-state index contributed by atoms with van der Waals surface area (Å²) in [6.07, 6.45) is 21.1. The summed E-state index contributed by atoms with van der Waals surface area (Å²) in [4.78, 5) is 2.06. The predicted octanol–water partition coefficient (Wildman–Crippen LogP) is 3.12. The smallest absolute Gasteiger partial charge is 0.444 e. The molecule has 0 atom stereocenters. The van der Waals surface area contributed by atoms with E-state index in [2.05, 4.69) is 23.3 Å². The Bertz CT molecular complexity index is 347. The van der Waals surface area contributed by atoms with Gasteiger partial charge in [-0.05, 0) is 19.8 Å². The molecule has 0 aromatic heterocycles. The monoisotopic (exact) mass is 388 g/mol. The van der Waals surface area contributed by atoms with Crippen molar-refractivity contribution < 1.29 is 22.1 Å². The lowest BCUT2D eigenvalue weighted by Gasteiger charge is -2.05.